The molecule has 0 unspecified atom stereocenters. The maximum Gasteiger partial charge on any atom is 0.339 e. The second kappa shape index (κ2) is 11.7. The zero-order valence-corrected chi connectivity index (χ0v) is 20.4. The molecule has 0 aliphatic carbocycles. The number of halogens is 1. The smallest absolute Gasteiger partial charge is 0.339 e. The van der Waals surface area contributed by atoms with Crippen molar-refractivity contribution < 1.29 is 33.4 Å². The normalized spacial score (nSPS) is 14.3. The van der Waals surface area contributed by atoms with E-state index in [1.165, 1.54) is 31.2 Å². The average Bonchev–Trinajstić information content (AvgIpc) is 3.06. The fourth-order valence-corrected chi connectivity index (χ4v) is 3.99. The first-order valence-electron chi connectivity index (χ1n) is 10.5. The van der Waals surface area contributed by atoms with Gasteiger partial charge in [0.15, 0.2) is 0 Å². The Balaban J connectivity index is 1.65. The predicted molar refractivity (Wildman–Crippen MR) is 131 cm³/mol. The van der Waals surface area contributed by atoms with Gasteiger partial charge in [-0.25, -0.2) is 4.79 Å². The molecule has 0 radical (unpaired) electrons. The summed E-state index contributed by atoms with van der Waals surface area (Å²) in [6.07, 6.45) is 2.15. The Morgan fingerprint density at radius 3 is 2.49 bits per heavy atom. The number of carbonyl (C=O) groups is 5. The molecule has 1 aliphatic heterocycles. The highest BCUT2D eigenvalue weighted by Gasteiger charge is 2.36. The van der Waals surface area contributed by atoms with Gasteiger partial charge in [-0.2, -0.15) is 0 Å². The topological polar surface area (TPSA) is 119 Å². The van der Waals surface area contributed by atoms with Crippen molar-refractivity contribution in [2.24, 2.45) is 0 Å². The van der Waals surface area contributed by atoms with E-state index < -0.39 is 35.5 Å². The largest absolute Gasteiger partial charge is 0.462 e. The van der Waals surface area contributed by atoms with E-state index in [1.54, 1.807) is 24.3 Å². The fourth-order valence-electron chi connectivity index (χ4n) is 2.96. The molecule has 1 saturated heterocycles. The number of amides is 3. The fraction of sp³-hybridized carbons (Fsp3) is 0.208. The van der Waals surface area contributed by atoms with Crippen LogP contribution in [0.2, 0.25) is 5.02 Å². The lowest BCUT2D eigenvalue weighted by molar-refractivity contribution is -0.131. The first-order valence-corrected chi connectivity index (χ1v) is 11.7. The van der Waals surface area contributed by atoms with Gasteiger partial charge in [0.05, 0.1) is 22.1 Å². The van der Waals surface area contributed by atoms with Crippen LogP contribution in [0, 0.1) is 0 Å². The molecule has 9 nitrogen and oxygen atoms in total. The van der Waals surface area contributed by atoms with E-state index in [2.05, 4.69) is 5.32 Å². The molecule has 0 saturated carbocycles. The Kier molecular flexibility index (Phi) is 8.67. The van der Waals surface area contributed by atoms with Crippen molar-refractivity contribution in [3.05, 3.63) is 63.5 Å². The van der Waals surface area contributed by atoms with Gasteiger partial charge in [0.25, 0.3) is 11.1 Å². The van der Waals surface area contributed by atoms with E-state index >= 15 is 0 Å². The molecule has 0 atom stereocenters. The number of rotatable bonds is 8. The van der Waals surface area contributed by atoms with Gasteiger partial charge >= 0.3 is 11.9 Å². The van der Waals surface area contributed by atoms with E-state index in [1.807, 2.05) is 6.92 Å². The summed E-state index contributed by atoms with van der Waals surface area (Å²) in [4.78, 5) is 61.7. The summed E-state index contributed by atoms with van der Waals surface area (Å²) in [6.45, 7) is 2.86. The maximum absolute atomic E-state index is 12.7. The van der Waals surface area contributed by atoms with Crippen LogP contribution in [0.3, 0.4) is 0 Å². The molecule has 3 rings (SSSR count). The lowest BCUT2D eigenvalue weighted by Crippen LogP contribution is -2.36. The lowest BCUT2D eigenvalue weighted by atomic mass is 10.2. The molecule has 2 aromatic rings. The third kappa shape index (κ3) is 6.93. The minimum absolute atomic E-state index is 0.0896. The van der Waals surface area contributed by atoms with Crippen LogP contribution in [0.4, 0.5) is 10.5 Å². The summed E-state index contributed by atoms with van der Waals surface area (Å²) in [7, 11) is 0. The summed E-state index contributed by atoms with van der Waals surface area (Å²) in [6, 6.07) is 10.7. The standard InChI is InChI=1S/C24H21ClN2O7S/c1-3-10-33-23(31)18-12-16(6-9-19(18)25)26-21(29)13-27-22(30)20(35-24(27)32)11-15-4-7-17(8-5-15)34-14(2)28/h4-9,11-12H,3,10,13H2,1-2H3,(H,26,29)/b20-11+. The van der Waals surface area contributed by atoms with Crippen LogP contribution in [0.15, 0.2) is 47.4 Å². The molecule has 2 aromatic carbocycles. The number of imide groups is 1. The Morgan fingerprint density at radius 1 is 1.11 bits per heavy atom. The van der Waals surface area contributed by atoms with Crippen molar-refractivity contribution in [1.29, 1.82) is 0 Å². The number of carbonyl (C=O) groups excluding carboxylic acids is 5. The molecular formula is C24H21ClN2O7S. The van der Waals surface area contributed by atoms with E-state index in [4.69, 9.17) is 21.1 Å². The molecule has 1 N–H and O–H groups in total. The Hall–Kier alpha value is -3.63. The third-order valence-corrected chi connectivity index (χ3v) is 5.76. The van der Waals surface area contributed by atoms with Gasteiger partial charge in [-0.05, 0) is 60.2 Å². The zero-order chi connectivity index (χ0) is 25.5. The molecule has 0 spiro atoms. The number of thioether (sulfide) groups is 1. The molecule has 1 fully saturated rings. The van der Waals surface area contributed by atoms with E-state index in [-0.39, 0.29) is 27.8 Å². The Labute approximate surface area is 210 Å². The second-order valence-electron chi connectivity index (χ2n) is 7.31. The molecule has 1 heterocycles. The molecular weight excluding hydrogens is 496 g/mol. The molecule has 1 aliphatic rings. The number of nitrogens with zero attached hydrogens (tertiary/aromatic N) is 1. The van der Waals surface area contributed by atoms with E-state index in [0.717, 1.165) is 4.90 Å². The molecule has 11 heteroatoms. The molecule has 35 heavy (non-hydrogen) atoms. The average molecular weight is 517 g/mol. The van der Waals surface area contributed by atoms with E-state index in [0.29, 0.717) is 29.5 Å². The first-order chi connectivity index (χ1) is 16.7. The number of esters is 2. The highest BCUT2D eigenvalue weighted by Crippen LogP contribution is 2.32. The van der Waals surface area contributed by atoms with Gasteiger partial charge in [-0.1, -0.05) is 30.7 Å². The van der Waals surface area contributed by atoms with Gasteiger partial charge in [0.1, 0.15) is 12.3 Å². The van der Waals surface area contributed by atoms with Crippen molar-refractivity contribution in [2.45, 2.75) is 20.3 Å². The summed E-state index contributed by atoms with van der Waals surface area (Å²) in [5.74, 6) is -1.97. The Bertz CT molecular complexity index is 1210. The van der Waals surface area contributed by atoms with Crippen molar-refractivity contribution in [3.63, 3.8) is 0 Å². The number of benzene rings is 2. The second-order valence-corrected chi connectivity index (χ2v) is 8.71. The highest BCUT2D eigenvalue weighted by molar-refractivity contribution is 8.18. The number of hydrogen-bond acceptors (Lipinski definition) is 8. The summed E-state index contributed by atoms with van der Waals surface area (Å²) >= 11 is 6.76. The highest BCUT2D eigenvalue weighted by atomic mass is 35.5. The molecule has 182 valence electrons. The van der Waals surface area contributed by atoms with E-state index in [9.17, 15) is 24.0 Å². The van der Waals surface area contributed by atoms with Crippen LogP contribution in [0.1, 0.15) is 36.2 Å². The monoisotopic (exact) mass is 516 g/mol. The summed E-state index contributed by atoms with van der Waals surface area (Å²) < 4.78 is 10.0. The minimum Gasteiger partial charge on any atom is -0.462 e. The summed E-state index contributed by atoms with van der Waals surface area (Å²) in [5.41, 5.74) is 0.962. The van der Waals surface area contributed by atoms with Crippen LogP contribution in [-0.2, 0) is 19.1 Å². The van der Waals surface area contributed by atoms with Crippen LogP contribution in [0.5, 0.6) is 5.75 Å². The molecule has 0 aromatic heterocycles. The van der Waals surface area contributed by atoms with Crippen LogP contribution >= 0.6 is 23.4 Å². The van der Waals surface area contributed by atoms with Gasteiger partial charge < -0.3 is 14.8 Å². The zero-order valence-electron chi connectivity index (χ0n) is 18.8. The number of nitrogens with one attached hydrogen (secondary N) is 1. The predicted octanol–water partition coefficient (Wildman–Crippen LogP) is 4.51. The number of anilines is 1. The molecule has 0 bridgehead atoms. The van der Waals surface area contributed by atoms with Crippen LogP contribution in [0.25, 0.3) is 6.08 Å². The third-order valence-electron chi connectivity index (χ3n) is 4.52. The van der Waals surface area contributed by atoms with Crippen LogP contribution in [-0.4, -0.2) is 47.0 Å². The first kappa shape index (κ1) is 26.0. The quantitative estimate of drug-likeness (QED) is 0.309. The van der Waals surface area contributed by atoms with Gasteiger partial charge in [0, 0.05) is 12.6 Å². The van der Waals surface area contributed by atoms with Crippen molar-refractivity contribution in [3.8, 4) is 5.75 Å². The van der Waals surface area contributed by atoms with Crippen molar-refractivity contribution in [1.82, 2.24) is 4.90 Å². The number of ether oxygens (including phenoxy) is 2. The van der Waals surface area contributed by atoms with Gasteiger partial charge in [0.2, 0.25) is 5.91 Å². The van der Waals surface area contributed by atoms with Gasteiger partial charge in [-0.15, -0.1) is 0 Å². The van der Waals surface area contributed by atoms with Gasteiger partial charge in [-0.3, -0.25) is 24.1 Å². The Morgan fingerprint density at radius 2 is 1.83 bits per heavy atom. The lowest BCUT2D eigenvalue weighted by Gasteiger charge is -2.13. The molecule has 3 amide bonds. The maximum atomic E-state index is 12.7. The SMILES string of the molecule is CCCOC(=O)c1cc(NC(=O)CN2C(=O)S/C(=C/c3ccc(OC(C)=O)cc3)C2=O)ccc1Cl. The summed E-state index contributed by atoms with van der Waals surface area (Å²) in [5, 5.41) is 2.13. The number of hydrogen-bond donors (Lipinski definition) is 1. The van der Waals surface area contributed by atoms with Crippen LogP contribution < -0.4 is 10.1 Å². The van der Waals surface area contributed by atoms with Crippen molar-refractivity contribution in [2.75, 3.05) is 18.5 Å². The minimum atomic E-state index is -0.630. The van der Waals surface area contributed by atoms with Crippen molar-refractivity contribution >= 4 is 64.1 Å².